The molecule has 6 heteroatoms. The van der Waals surface area contributed by atoms with Crippen molar-refractivity contribution >= 4 is 12.3 Å². The number of esters is 1. The van der Waals surface area contributed by atoms with E-state index in [1.807, 2.05) is 13.8 Å². The molecule has 1 aromatic rings. The summed E-state index contributed by atoms with van der Waals surface area (Å²) in [5.74, 6) is 1.18. The largest absolute Gasteiger partial charge is 0.462 e. The van der Waals surface area contributed by atoms with Crippen LogP contribution in [0.4, 0.5) is 0 Å². The number of aldehydes is 1. The molecular formula is C20H22O6. The van der Waals surface area contributed by atoms with Gasteiger partial charge in [0.25, 0.3) is 0 Å². The number of epoxide rings is 2. The topological polar surface area (TPSA) is 81.6 Å². The van der Waals surface area contributed by atoms with Gasteiger partial charge in [-0.25, -0.2) is 4.79 Å². The van der Waals surface area contributed by atoms with Crippen LogP contribution in [0.5, 0.6) is 0 Å². The zero-order valence-corrected chi connectivity index (χ0v) is 14.9. The number of carbonyl (C=O) groups excluding carboxylic acids is 2. The van der Waals surface area contributed by atoms with E-state index >= 15 is 0 Å². The van der Waals surface area contributed by atoms with Gasteiger partial charge >= 0.3 is 5.97 Å². The summed E-state index contributed by atoms with van der Waals surface area (Å²) in [6, 6.07) is 1.78. The first-order chi connectivity index (χ1) is 12.4. The number of furan rings is 1. The van der Waals surface area contributed by atoms with Crippen LogP contribution in [0.1, 0.15) is 61.1 Å². The molecule has 0 unspecified atom stereocenters. The summed E-state index contributed by atoms with van der Waals surface area (Å²) >= 11 is 0. The fraction of sp³-hybridized carbons (Fsp3) is 0.600. The summed E-state index contributed by atoms with van der Waals surface area (Å²) in [5, 5.41) is 0. The maximum Gasteiger partial charge on any atom is 0.341 e. The Kier molecular flexibility index (Phi) is 3.18. The van der Waals surface area contributed by atoms with Gasteiger partial charge in [-0.05, 0) is 38.7 Å². The molecule has 0 aromatic carbocycles. The number of allylic oxidation sites excluding steroid dienone is 1. The van der Waals surface area contributed by atoms with Gasteiger partial charge in [0.1, 0.15) is 35.4 Å². The smallest absolute Gasteiger partial charge is 0.341 e. The van der Waals surface area contributed by atoms with E-state index in [4.69, 9.17) is 18.6 Å². The first kappa shape index (κ1) is 16.3. The van der Waals surface area contributed by atoms with Gasteiger partial charge in [0, 0.05) is 12.8 Å². The van der Waals surface area contributed by atoms with E-state index in [0.29, 0.717) is 36.3 Å². The summed E-state index contributed by atoms with van der Waals surface area (Å²) in [6.45, 7) is 8.03. The lowest BCUT2D eigenvalue weighted by atomic mass is 9.86. The number of ether oxygens (including phenoxy) is 3. The average molecular weight is 358 g/mol. The monoisotopic (exact) mass is 358 g/mol. The number of fused-ring (bicyclic) bond motifs is 4. The second-order valence-corrected chi connectivity index (χ2v) is 8.32. The fourth-order valence-electron chi connectivity index (χ4n) is 4.62. The van der Waals surface area contributed by atoms with Crippen LogP contribution in [0.25, 0.3) is 0 Å². The maximum atomic E-state index is 12.4. The predicted octanol–water partition coefficient (Wildman–Crippen LogP) is 2.90. The van der Waals surface area contributed by atoms with Crippen LogP contribution >= 0.6 is 0 Å². The van der Waals surface area contributed by atoms with Gasteiger partial charge in [0.2, 0.25) is 0 Å². The zero-order chi connectivity index (χ0) is 18.3. The SMILES string of the molecule is C=C(C)[C@@H]1CC[C@]23O[C@H]2[C@H](C[C@]2(C)O[C@@H]2c2cc(C=O)c(o2)C1)OC3=O. The number of rotatable bonds is 2. The molecule has 0 amide bonds. The molecule has 0 saturated carbocycles. The molecule has 0 N–H and O–H groups in total. The van der Waals surface area contributed by atoms with E-state index in [1.54, 1.807) is 6.07 Å². The van der Waals surface area contributed by atoms with Gasteiger partial charge in [-0.2, -0.15) is 0 Å². The molecule has 6 atom stereocenters. The Labute approximate surface area is 151 Å². The van der Waals surface area contributed by atoms with Crippen LogP contribution in [0.2, 0.25) is 0 Å². The number of hydrogen-bond donors (Lipinski definition) is 0. The summed E-state index contributed by atoms with van der Waals surface area (Å²) in [4.78, 5) is 23.9. The van der Waals surface area contributed by atoms with E-state index in [9.17, 15) is 9.59 Å². The van der Waals surface area contributed by atoms with Crippen molar-refractivity contribution in [1.82, 2.24) is 0 Å². The number of hydrogen-bond acceptors (Lipinski definition) is 6. The highest BCUT2D eigenvalue weighted by Gasteiger charge is 2.74. The zero-order valence-electron chi connectivity index (χ0n) is 14.9. The van der Waals surface area contributed by atoms with Gasteiger partial charge in [-0.15, -0.1) is 0 Å². The summed E-state index contributed by atoms with van der Waals surface area (Å²) < 4.78 is 23.4. The van der Waals surface area contributed by atoms with Crippen LogP contribution in [-0.4, -0.2) is 35.7 Å². The Morgan fingerprint density at radius 3 is 2.88 bits per heavy atom. The average Bonchev–Trinajstić information content (AvgIpc) is 3.40. The van der Waals surface area contributed by atoms with Crippen molar-refractivity contribution in [2.45, 2.75) is 69.0 Å². The summed E-state index contributed by atoms with van der Waals surface area (Å²) in [6.07, 6.45) is 2.60. The van der Waals surface area contributed by atoms with Crippen LogP contribution in [0.15, 0.2) is 22.6 Å². The molecule has 4 aliphatic heterocycles. The van der Waals surface area contributed by atoms with Crippen LogP contribution in [0, 0.1) is 5.92 Å². The van der Waals surface area contributed by atoms with Crippen molar-refractivity contribution in [3.05, 3.63) is 35.3 Å². The van der Waals surface area contributed by atoms with E-state index in [0.717, 1.165) is 18.3 Å². The Morgan fingerprint density at radius 1 is 1.38 bits per heavy atom. The molecule has 5 rings (SSSR count). The second kappa shape index (κ2) is 5.08. The van der Waals surface area contributed by atoms with Crippen molar-refractivity contribution in [2.75, 3.05) is 0 Å². The fourth-order valence-corrected chi connectivity index (χ4v) is 4.62. The first-order valence-corrected chi connectivity index (χ1v) is 9.16. The highest BCUT2D eigenvalue weighted by Crippen LogP contribution is 2.58. The van der Waals surface area contributed by atoms with E-state index in [-0.39, 0.29) is 30.2 Å². The van der Waals surface area contributed by atoms with Crippen molar-refractivity contribution in [1.29, 1.82) is 0 Å². The molecule has 138 valence electrons. The molecule has 6 nitrogen and oxygen atoms in total. The standard InChI is InChI=1S/C20H22O6/c1-10(2)11-4-5-20-17(26-20)15(24-18(20)22)8-19(3)16(25-19)14-7-12(9-21)13(6-11)23-14/h7,9,11,15-17H,1,4-6,8H2,2-3H3/t11-,15+,16-,17+,19+,20+/m1/s1. The number of carbonyl (C=O) groups is 2. The van der Waals surface area contributed by atoms with Gasteiger partial charge in [0.15, 0.2) is 11.9 Å². The van der Waals surface area contributed by atoms with Crippen molar-refractivity contribution in [3.63, 3.8) is 0 Å². The maximum absolute atomic E-state index is 12.4. The molecule has 0 radical (unpaired) electrons. The minimum absolute atomic E-state index is 0.103. The molecule has 5 heterocycles. The highest BCUT2D eigenvalue weighted by atomic mass is 16.7. The van der Waals surface area contributed by atoms with Crippen molar-refractivity contribution in [3.8, 4) is 0 Å². The Bertz CT molecular complexity index is 824. The molecule has 26 heavy (non-hydrogen) atoms. The van der Waals surface area contributed by atoms with Gasteiger partial charge in [-0.3, -0.25) is 4.79 Å². The Morgan fingerprint density at radius 2 is 2.19 bits per heavy atom. The molecule has 4 bridgehead atoms. The summed E-state index contributed by atoms with van der Waals surface area (Å²) in [7, 11) is 0. The third kappa shape index (κ3) is 2.18. The first-order valence-electron chi connectivity index (χ1n) is 9.16. The lowest BCUT2D eigenvalue weighted by molar-refractivity contribution is -0.154. The van der Waals surface area contributed by atoms with Crippen LogP contribution in [-0.2, 0) is 25.4 Å². The van der Waals surface area contributed by atoms with Gasteiger partial charge in [0.05, 0.1) is 5.56 Å². The predicted molar refractivity (Wildman–Crippen MR) is 89.7 cm³/mol. The minimum Gasteiger partial charge on any atom is -0.462 e. The highest BCUT2D eigenvalue weighted by molar-refractivity contribution is 5.86. The lowest BCUT2D eigenvalue weighted by Crippen LogP contribution is -2.24. The van der Waals surface area contributed by atoms with Crippen LogP contribution in [0.3, 0.4) is 0 Å². The van der Waals surface area contributed by atoms with E-state index < -0.39 is 11.2 Å². The molecule has 1 aromatic heterocycles. The molecule has 4 aliphatic rings. The van der Waals surface area contributed by atoms with Gasteiger partial charge < -0.3 is 18.6 Å². The normalized spacial score (nSPS) is 43.1. The molecular weight excluding hydrogens is 336 g/mol. The van der Waals surface area contributed by atoms with Crippen molar-refractivity contribution < 1.29 is 28.2 Å². The van der Waals surface area contributed by atoms with E-state index in [1.165, 1.54) is 0 Å². The quantitative estimate of drug-likeness (QED) is 0.350. The third-order valence-electron chi connectivity index (χ3n) is 6.41. The Hall–Kier alpha value is -1.92. The molecule has 0 aliphatic carbocycles. The lowest BCUT2D eigenvalue weighted by Gasteiger charge is -2.18. The Balaban J connectivity index is 1.53. The second-order valence-electron chi connectivity index (χ2n) is 8.32. The van der Waals surface area contributed by atoms with E-state index in [2.05, 4.69) is 6.58 Å². The molecule has 3 fully saturated rings. The minimum atomic E-state index is -0.797. The molecule has 0 spiro atoms. The summed E-state index contributed by atoms with van der Waals surface area (Å²) in [5.41, 5.74) is 0.298. The molecule has 3 saturated heterocycles. The van der Waals surface area contributed by atoms with Gasteiger partial charge in [-0.1, -0.05) is 12.2 Å². The van der Waals surface area contributed by atoms with Crippen molar-refractivity contribution in [2.24, 2.45) is 5.92 Å². The third-order valence-corrected chi connectivity index (χ3v) is 6.41. The van der Waals surface area contributed by atoms with Crippen LogP contribution < -0.4 is 0 Å².